The molecule has 6 heteroatoms. The minimum atomic E-state index is 0.0991. The van der Waals surface area contributed by atoms with E-state index in [0.29, 0.717) is 13.1 Å². The van der Waals surface area contributed by atoms with Gasteiger partial charge in [-0.1, -0.05) is 18.2 Å². The number of anilines is 1. The van der Waals surface area contributed by atoms with Crippen molar-refractivity contribution in [1.82, 2.24) is 4.90 Å². The van der Waals surface area contributed by atoms with Gasteiger partial charge in [0.1, 0.15) is 11.5 Å². The molecule has 1 fully saturated rings. The van der Waals surface area contributed by atoms with Crippen LogP contribution in [-0.4, -0.2) is 38.1 Å². The van der Waals surface area contributed by atoms with E-state index in [1.807, 2.05) is 53.4 Å². The molecule has 3 aromatic rings. The molecule has 0 saturated carbocycles. The van der Waals surface area contributed by atoms with Crippen molar-refractivity contribution in [3.63, 3.8) is 0 Å². The minimum absolute atomic E-state index is 0.0991. The lowest BCUT2D eigenvalue weighted by Gasteiger charge is -2.30. The molecule has 1 amide bonds. The van der Waals surface area contributed by atoms with Crippen molar-refractivity contribution in [2.75, 3.05) is 32.2 Å². The Kier molecular flexibility index (Phi) is 6.77. The zero-order valence-corrected chi connectivity index (χ0v) is 18.8. The monoisotopic (exact) mass is 436 g/mol. The summed E-state index contributed by atoms with van der Waals surface area (Å²) < 4.78 is 10.7. The lowest BCUT2D eigenvalue weighted by atomic mass is 10.0. The first-order valence-electron chi connectivity index (χ1n) is 10.5. The van der Waals surface area contributed by atoms with Crippen LogP contribution in [0.1, 0.15) is 29.3 Å². The number of thiophene rings is 1. The summed E-state index contributed by atoms with van der Waals surface area (Å²) in [7, 11) is 3.34. The van der Waals surface area contributed by atoms with E-state index in [9.17, 15) is 4.79 Å². The van der Waals surface area contributed by atoms with Crippen LogP contribution in [0.2, 0.25) is 0 Å². The Morgan fingerprint density at radius 1 is 1.06 bits per heavy atom. The fraction of sp³-hybridized carbons (Fsp3) is 0.320. The highest BCUT2D eigenvalue weighted by Crippen LogP contribution is 2.34. The van der Waals surface area contributed by atoms with Gasteiger partial charge in [0.05, 0.1) is 33.4 Å². The number of rotatable bonds is 8. The van der Waals surface area contributed by atoms with E-state index in [2.05, 4.69) is 22.4 Å². The van der Waals surface area contributed by atoms with Gasteiger partial charge in [0.15, 0.2) is 0 Å². The quantitative estimate of drug-likeness (QED) is 0.491. The third-order valence-corrected chi connectivity index (χ3v) is 6.60. The molecule has 1 atom stereocenters. The fourth-order valence-electron chi connectivity index (χ4n) is 4.14. The summed E-state index contributed by atoms with van der Waals surface area (Å²) in [5, 5.41) is 2.07. The zero-order chi connectivity index (χ0) is 21.6. The maximum absolute atomic E-state index is 13.5. The highest BCUT2D eigenvalue weighted by molar-refractivity contribution is 7.09. The van der Waals surface area contributed by atoms with Gasteiger partial charge in [0, 0.05) is 17.1 Å². The van der Waals surface area contributed by atoms with Crippen LogP contribution in [0, 0.1) is 0 Å². The number of methoxy groups -OCH3 is 2. The Morgan fingerprint density at radius 2 is 1.87 bits per heavy atom. The first-order chi connectivity index (χ1) is 15.2. The molecule has 0 aliphatic carbocycles. The number of nitrogens with zero attached hydrogens (tertiary/aromatic N) is 2. The number of benzene rings is 2. The third-order valence-electron chi connectivity index (χ3n) is 5.74. The molecule has 1 unspecified atom stereocenters. The van der Waals surface area contributed by atoms with Crippen molar-refractivity contribution in [2.45, 2.75) is 25.4 Å². The summed E-state index contributed by atoms with van der Waals surface area (Å²) in [5.74, 6) is 1.79. The van der Waals surface area contributed by atoms with E-state index in [1.54, 1.807) is 25.6 Å². The lowest BCUT2D eigenvalue weighted by molar-refractivity contribution is -0.130. The molecule has 0 N–H and O–H groups in total. The number of carbonyl (C=O) groups is 1. The standard InChI is InChI=1S/C25H28N2O3S/c1-29-21-12-10-20(11-13-21)26(17-23-8-5-15-31-23)18-25(28)27-14-4-9-24(27)19-6-3-7-22(16-19)30-2/h3,5-8,10-13,15-16,24H,4,9,14,17-18H2,1-2H3. The van der Waals surface area contributed by atoms with Gasteiger partial charge in [-0.2, -0.15) is 0 Å². The highest BCUT2D eigenvalue weighted by Gasteiger charge is 2.31. The Labute approximate surface area is 187 Å². The molecule has 0 radical (unpaired) electrons. The molecule has 0 spiro atoms. The molecule has 4 rings (SSSR count). The molecule has 1 aliphatic heterocycles. The lowest BCUT2D eigenvalue weighted by Crippen LogP contribution is -2.39. The summed E-state index contributed by atoms with van der Waals surface area (Å²) in [6, 6.07) is 20.2. The van der Waals surface area contributed by atoms with Crippen molar-refractivity contribution < 1.29 is 14.3 Å². The van der Waals surface area contributed by atoms with Crippen LogP contribution < -0.4 is 14.4 Å². The number of carbonyl (C=O) groups excluding carboxylic acids is 1. The largest absolute Gasteiger partial charge is 0.497 e. The Bertz CT molecular complexity index is 988. The molecular weight excluding hydrogens is 408 g/mol. The average Bonchev–Trinajstić information content (AvgIpc) is 3.51. The van der Waals surface area contributed by atoms with Crippen molar-refractivity contribution in [3.05, 3.63) is 76.5 Å². The fourth-order valence-corrected chi connectivity index (χ4v) is 4.86. The summed E-state index contributed by atoms with van der Waals surface area (Å²) in [6.45, 7) is 1.83. The molecule has 0 bridgehead atoms. The maximum atomic E-state index is 13.5. The first-order valence-corrected chi connectivity index (χ1v) is 11.4. The normalized spacial score (nSPS) is 15.7. The van der Waals surface area contributed by atoms with Crippen LogP contribution in [0.4, 0.5) is 5.69 Å². The van der Waals surface area contributed by atoms with Gasteiger partial charge < -0.3 is 19.3 Å². The minimum Gasteiger partial charge on any atom is -0.497 e. The van der Waals surface area contributed by atoms with E-state index < -0.39 is 0 Å². The molecule has 31 heavy (non-hydrogen) atoms. The van der Waals surface area contributed by atoms with Crippen LogP contribution in [0.15, 0.2) is 66.0 Å². The van der Waals surface area contributed by atoms with Crippen LogP contribution in [-0.2, 0) is 11.3 Å². The number of ether oxygens (including phenoxy) is 2. The van der Waals surface area contributed by atoms with Crippen molar-refractivity contribution in [1.29, 1.82) is 0 Å². The number of amides is 1. The molecule has 2 heterocycles. The molecule has 1 aromatic heterocycles. The third kappa shape index (κ3) is 5.02. The predicted molar refractivity (Wildman–Crippen MR) is 125 cm³/mol. The van der Waals surface area contributed by atoms with Crippen LogP contribution in [0.5, 0.6) is 11.5 Å². The van der Waals surface area contributed by atoms with E-state index in [-0.39, 0.29) is 11.9 Å². The van der Waals surface area contributed by atoms with Crippen LogP contribution in [0.25, 0.3) is 0 Å². The molecule has 162 valence electrons. The average molecular weight is 437 g/mol. The van der Waals surface area contributed by atoms with Crippen LogP contribution in [0.3, 0.4) is 0 Å². The van der Waals surface area contributed by atoms with Crippen LogP contribution >= 0.6 is 11.3 Å². The van der Waals surface area contributed by atoms with Gasteiger partial charge in [0.25, 0.3) is 0 Å². The van der Waals surface area contributed by atoms with E-state index in [0.717, 1.165) is 42.1 Å². The van der Waals surface area contributed by atoms with Gasteiger partial charge in [-0.15, -0.1) is 11.3 Å². The molecule has 1 saturated heterocycles. The zero-order valence-electron chi connectivity index (χ0n) is 18.0. The van der Waals surface area contributed by atoms with E-state index in [4.69, 9.17) is 9.47 Å². The molecular formula is C25H28N2O3S. The molecule has 2 aromatic carbocycles. The van der Waals surface area contributed by atoms with Gasteiger partial charge in [-0.05, 0) is 66.2 Å². The predicted octanol–water partition coefficient (Wildman–Crippen LogP) is 5.14. The van der Waals surface area contributed by atoms with E-state index in [1.165, 1.54) is 4.88 Å². The topological polar surface area (TPSA) is 42.0 Å². The van der Waals surface area contributed by atoms with Gasteiger partial charge in [-0.25, -0.2) is 0 Å². The number of hydrogen-bond acceptors (Lipinski definition) is 5. The SMILES string of the molecule is COc1ccc(N(CC(=O)N2CCCC2c2cccc(OC)c2)Cc2cccs2)cc1. The van der Waals surface area contributed by atoms with Gasteiger partial charge >= 0.3 is 0 Å². The second-order valence-electron chi connectivity index (χ2n) is 7.66. The summed E-state index contributed by atoms with van der Waals surface area (Å²) in [6.07, 6.45) is 1.99. The smallest absolute Gasteiger partial charge is 0.242 e. The number of hydrogen-bond donors (Lipinski definition) is 0. The summed E-state index contributed by atoms with van der Waals surface area (Å²) >= 11 is 1.71. The second-order valence-corrected chi connectivity index (χ2v) is 8.69. The first kappa shape index (κ1) is 21.2. The Balaban J connectivity index is 1.54. The second kappa shape index (κ2) is 9.88. The summed E-state index contributed by atoms with van der Waals surface area (Å²) in [5.41, 5.74) is 2.15. The van der Waals surface area contributed by atoms with Crippen molar-refractivity contribution in [3.8, 4) is 11.5 Å². The van der Waals surface area contributed by atoms with E-state index >= 15 is 0 Å². The summed E-state index contributed by atoms with van der Waals surface area (Å²) in [4.78, 5) is 18.9. The molecule has 5 nitrogen and oxygen atoms in total. The Morgan fingerprint density at radius 3 is 2.58 bits per heavy atom. The Hall–Kier alpha value is -2.99. The maximum Gasteiger partial charge on any atom is 0.242 e. The van der Waals surface area contributed by atoms with Crippen molar-refractivity contribution >= 4 is 22.9 Å². The number of likely N-dealkylation sites (tertiary alicyclic amines) is 1. The molecule has 1 aliphatic rings. The van der Waals surface area contributed by atoms with Gasteiger partial charge in [-0.3, -0.25) is 4.79 Å². The van der Waals surface area contributed by atoms with Crippen molar-refractivity contribution in [2.24, 2.45) is 0 Å². The highest BCUT2D eigenvalue weighted by atomic mass is 32.1. The van der Waals surface area contributed by atoms with Gasteiger partial charge in [0.2, 0.25) is 5.91 Å².